The number of benzene rings is 1. The quantitative estimate of drug-likeness (QED) is 0.716. The van der Waals surface area contributed by atoms with Crippen molar-refractivity contribution in [3.8, 4) is 6.07 Å². The summed E-state index contributed by atoms with van der Waals surface area (Å²) in [5.41, 5.74) is 3.83. The minimum Gasteiger partial charge on any atom is -0.337 e. The van der Waals surface area contributed by atoms with Crippen molar-refractivity contribution in [2.24, 2.45) is 0 Å². The van der Waals surface area contributed by atoms with Gasteiger partial charge < -0.3 is 9.42 Å². The molecule has 0 unspecified atom stereocenters. The zero-order chi connectivity index (χ0) is 18.8. The number of pyridine rings is 1. The molecule has 0 aliphatic rings. The maximum absolute atomic E-state index is 13.1. The van der Waals surface area contributed by atoms with Crippen LogP contribution in [0.3, 0.4) is 0 Å². The number of rotatable bonds is 4. The molecule has 0 radical (unpaired) electrons. The SMILES string of the molecule is Cc1noc2nc(C(C)C)cc(C(=O)N(C)Cc3cccc(C#N)c3)c12. The number of aromatic nitrogens is 2. The van der Waals surface area contributed by atoms with E-state index in [2.05, 4.69) is 16.2 Å². The fraction of sp³-hybridized carbons (Fsp3) is 0.300. The number of hydrogen-bond acceptors (Lipinski definition) is 5. The van der Waals surface area contributed by atoms with E-state index in [0.29, 0.717) is 34.5 Å². The molecule has 6 nitrogen and oxygen atoms in total. The predicted octanol–water partition coefficient (Wildman–Crippen LogP) is 3.80. The van der Waals surface area contributed by atoms with Crippen LogP contribution in [-0.2, 0) is 6.54 Å². The molecular weight excluding hydrogens is 328 g/mol. The number of carbonyl (C=O) groups is 1. The number of hydrogen-bond donors (Lipinski definition) is 0. The lowest BCUT2D eigenvalue weighted by molar-refractivity contribution is 0.0786. The Bertz CT molecular complexity index is 1010. The van der Waals surface area contributed by atoms with Crippen LogP contribution in [0.1, 0.15) is 52.6 Å². The molecule has 0 N–H and O–H groups in total. The van der Waals surface area contributed by atoms with Gasteiger partial charge in [0.05, 0.1) is 28.3 Å². The zero-order valence-corrected chi connectivity index (χ0v) is 15.3. The van der Waals surface area contributed by atoms with Gasteiger partial charge in [-0.15, -0.1) is 0 Å². The third kappa shape index (κ3) is 3.29. The highest BCUT2D eigenvalue weighted by molar-refractivity contribution is 6.05. The normalized spacial score (nSPS) is 10.9. The van der Waals surface area contributed by atoms with E-state index in [-0.39, 0.29) is 11.8 Å². The maximum atomic E-state index is 13.1. The standard InChI is InChI=1S/C20H20N4O2/c1-12(2)17-9-16(18-13(3)23-26-19(18)22-17)20(25)24(4)11-15-7-5-6-14(8-15)10-21/h5-9,12H,11H2,1-4H3. The molecule has 0 bridgehead atoms. The van der Waals surface area contributed by atoms with Gasteiger partial charge in [0, 0.05) is 19.3 Å². The Morgan fingerprint density at radius 1 is 1.35 bits per heavy atom. The topological polar surface area (TPSA) is 83.0 Å². The highest BCUT2D eigenvalue weighted by atomic mass is 16.5. The molecular formula is C20H20N4O2. The van der Waals surface area contributed by atoms with Gasteiger partial charge in [0.2, 0.25) is 0 Å². The van der Waals surface area contributed by atoms with Crippen LogP contribution in [-0.4, -0.2) is 28.0 Å². The fourth-order valence-electron chi connectivity index (χ4n) is 2.87. The minimum atomic E-state index is -0.132. The van der Waals surface area contributed by atoms with Crippen molar-refractivity contribution in [2.45, 2.75) is 33.2 Å². The minimum absolute atomic E-state index is 0.132. The number of nitriles is 1. The van der Waals surface area contributed by atoms with Gasteiger partial charge in [-0.3, -0.25) is 4.79 Å². The summed E-state index contributed by atoms with van der Waals surface area (Å²) in [5, 5.41) is 13.6. The van der Waals surface area contributed by atoms with Crippen molar-refractivity contribution in [3.05, 3.63) is 58.4 Å². The van der Waals surface area contributed by atoms with Gasteiger partial charge in [-0.1, -0.05) is 31.1 Å². The van der Waals surface area contributed by atoms with Crippen LogP contribution in [0.2, 0.25) is 0 Å². The van der Waals surface area contributed by atoms with E-state index in [9.17, 15) is 4.79 Å². The summed E-state index contributed by atoms with van der Waals surface area (Å²) in [7, 11) is 1.74. The molecule has 0 saturated carbocycles. The second kappa shape index (κ2) is 6.96. The molecule has 3 aromatic rings. The van der Waals surface area contributed by atoms with Crippen LogP contribution in [0.25, 0.3) is 11.1 Å². The number of fused-ring (bicyclic) bond motifs is 1. The van der Waals surface area contributed by atoms with Gasteiger partial charge in [0.25, 0.3) is 11.6 Å². The Labute approximate surface area is 152 Å². The molecule has 2 aromatic heterocycles. The first kappa shape index (κ1) is 17.6. The zero-order valence-electron chi connectivity index (χ0n) is 15.3. The van der Waals surface area contributed by atoms with E-state index in [1.54, 1.807) is 31.0 Å². The van der Waals surface area contributed by atoms with Gasteiger partial charge >= 0.3 is 0 Å². The Morgan fingerprint density at radius 2 is 2.12 bits per heavy atom. The Hall–Kier alpha value is -3.20. The second-order valence-corrected chi connectivity index (χ2v) is 6.67. The number of nitrogens with zero attached hydrogens (tertiary/aromatic N) is 4. The summed E-state index contributed by atoms with van der Waals surface area (Å²) in [6.45, 7) is 6.24. The van der Waals surface area contributed by atoms with Crippen LogP contribution >= 0.6 is 0 Å². The number of amides is 1. The van der Waals surface area contributed by atoms with E-state index >= 15 is 0 Å². The van der Waals surface area contributed by atoms with Crippen molar-refractivity contribution in [1.82, 2.24) is 15.0 Å². The first-order valence-electron chi connectivity index (χ1n) is 8.42. The molecule has 0 spiro atoms. The first-order valence-corrected chi connectivity index (χ1v) is 8.42. The van der Waals surface area contributed by atoms with Crippen LogP contribution in [0, 0.1) is 18.3 Å². The lowest BCUT2D eigenvalue weighted by Crippen LogP contribution is -2.26. The van der Waals surface area contributed by atoms with Crippen molar-refractivity contribution < 1.29 is 9.32 Å². The molecule has 1 amide bonds. The van der Waals surface area contributed by atoms with Crippen molar-refractivity contribution >= 4 is 17.0 Å². The molecule has 132 valence electrons. The van der Waals surface area contributed by atoms with Crippen molar-refractivity contribution in [3.63, 3.8) is 0 Å². The molecule has 2 heterocycles. The van der Waals surface area contributed by atoms with Gasteiger partial charge in [-0.2, -0.15) is 5.26 Å². The Balaban J connectivity index is 1.98. The van der Waals surface area contributed by atoms with E-state index in [1.807, 2.05) is 32.0 Å². The molecule has 0 aliphatic carbocycles. The van der Waals surface area contributed by atoms with E-state index in [0.717, 1.165) is 11.3 Å². The van der Waals surface area contributed by atoms with Crippen LogP contribution in [0.15, 0.2) is 34.9 Å². The number of carbonyl (C=O) groups excluding carboxylic acids is 1. The molecule has 0 saturated heterocycles. The smallest absolute Gasteiger partial charge is 0.259 e. The van der Waals surface area contributed by atoms with E-state index < -0.39 is 0 Å². The van der Waals surface area contributed by atoms with Crippen LogP contribution < -0.4 is 0 Å². The van der Waals surface area contributed by atoms with Crippen molar-refractivity contribution in [1.29, 1.82) is 5.26 Å². The summed E-state index contributed by atoms with van der Waals surface area (Å²) < 4.78 is 5.29. The summed E-state index contributed by atoms with van der Waals surface area (Å²) >= 11 is 0. The highest BCUT2D eigenvalue weighted by Gasteiger charge is 2.22. The highest BCUT2D eigenvalue weighted by Crippen LogP contribution is 2.26. The molecule has 0 atom stereocenters. The first-order chi connectivity index (χ1) is 12.4. The van der Waals surface area contributed by atoms with Gasteiger partial charge in [0.1, 0.15) is 0 Å². The molecule has 0 aliphatic heterocycles. The maximum Gasteiger partial charge on any atom is 0.259 e. The third-order valence-electron chi connectivity index (χ3n) is 4.28. The monoisotopic (exact) mass is 348 g/mol. The molecule has 1 aromatic carbocycles. The summed E-state index contributed by atoms with van der Waals surface area (Å²) in [4.78, 5) is 19.2. The largest absolute Gasteiger partial charge is 0.337 e. The molecule has 3 rings (SSSR count). The number of aryl methyl sites for hydroxylation is 1. The average Bonchev–Trinajstić information content (AvgIpc) is 3.01. The summed E-state index contributed by atoms with van der Waals surface area (Å²) in [6, 6.07) is 11.2. The summed E-state index contributed by atoms with van der Waals surface area (Å²) in [6.07, 6.45) is 0. The lowest BCUT2D eigenvalue weighted by atomic mass is 10.0. The lowest BCUT2D eigenvalue weighted by Gasteiger charge is -2.18. The van der Waals surface area contributed by atoms with Gasteiger partial charge in [0.15, 0.2) is 0 Å². The van der Waals surface area contributed by atoms with Crippen molar-refractivity contribution in [2.75, 3.05) is 7.05 Å². The van der Waals surface area contributed by atoms with Crippen LogP contribution in [0.4, 0.5) is 0 Å². The van der Waals surface area contributed by atoms with Crippen LogP contribution in [0.5, 0.6) is 0 Å². The van der Waals surface area contributed by atoms with E-state index in [4.69, 9.17) is 9.78 Å². The Morgan fingerprint density at radius 3 is 2.81 bits per heavy atom. The average molecular weight is 348 g/mol. The third-order valence-corrected chi connectivity index (χ3v) is 4.28. The fourth-order valence-corrected chi connectivity index (χ4v) is 2.87. The molecule has 6 heteroatoms. The van der Waals surface area contributed by atoms with E-state index in [1.165, 1.54) is 0 Å². The second-order valence-electron chi connectivity index (χ2n) is 6.67. The molecule has 0 fully saturated rings. The van der Waals surface area contributed by atoms with Gasteiger partial charge in [-0.05, 0) is 36.6 Å². The Kier molecular flexibility index (Phi) is 4.72. The summed E-state index contributed by atoms with van der Waals surface area (Å²) in [5.74, 6) is 0.0296. The molecule has 26 heavy (non-hydrogen) atoms. The predicted molar refractivity (Wildman–Crippen MR) is 97.6 cm³/mol. The van der Waals surface area contributed by atoms with Gasteiger partial charge in [-0.25, -0.2) is 4.98 Å².